The zero-order chi connectivity index (χ0) is 21.8. The van der Waals surface area contributed by atoms with E-state index in [0.717, 1.165) is 22.4 Å². The molecule has 1 aliphatic rings. The first-order chi connectivity index (χ1) is 15.0. The smallest absolute Gasteiger partial charge is 0.364 e. The second-order valence-electron chi connectivity index (χ2n) is 7.55. The lowest BCUT2D eigenvalue weighted by atomic mass is 9.99. The molecule has 0 aliphatic carbocycles. The first-order valence-corrected chi connectivity index (χ1v) is 10.2. The van der Waals surface area contributed by atoms with Gasteiger partial charge in [-0.2, -0.15) is 0 Å². The van der Waals surface area contributed by atoms with Gasteiger partial charge in [0, 0.05) is 12.0 Å². The van der Waals surface area contributed by atoms with E-state index < -0.39 is 11.8 Å². The number of carboxylic acid groups (broad SMARTS) is 1. The number of nitrogens with zero attached hydrogens (tertiary/aromatic N) is 1. The fourth-order valence-corrected chi connectivity index (χ4v) is 3.50. The van der Waals surface area contributed by atoms with Crippen LogP contribution in [-0.4, -0.2) is 35.1 Å². The molecule has 0 spiro atoms. The van der Waals surface area contributed by atoms with E-state index in [4.69, 9.17) is 18.6 Å². The van der Waals surface area contributed by atoms with E-state index in [1.54, 1.807) is 0 Å². The molecule has 1 aliphatic heterocycles. The number of ether oxygens (including phenoxy) is 3. The minimum absolute atomic E-state index is 0.136. The van der Waals surface area contributed by atoms with E-state index in [-0.39, 0.29) is 13.0 Å². The van der Waals surface area contributed by atoms with E-state index in [1.165, 1.54) is 0 Å². The topological polar surface area (TPSA) is 91.0 Å². The van der Waals surface area contributed by atoms with Crippen LogP contribution in [0.3, 0.4) is 0 Å². The summed E-state index contributed by atoms with van der Waals surface area (Å²) in [6, 6.07) is 15.3. The predicted molar refractivity (Wildman–Crippen MR) is 113 cm³/mol. The van der Waals surface area contributed by atoms with Gasteiger partial charge in [-0.1, -0.05) is 24.3 Å². The molecule has 1 aromatic heterocycles. The number of aromatic nitrogens is 1. The SMILES string of the molecule is Cc1cc(OCc2nc(-c3ccccc3)oc2C)ccc1CC1(C(=O)O)OCCCO1. The molecule has 7 heteroatoms. The lowest BCUT2D eigenvalue weighted by molar-refractivity contribution is -0.265. The quantitative estimate of drug-likeness (QED) is 0.606. The van der Waals surface area contributed by atoms with E-state index in [0.29, 0.717) is 37.0 Å². The molecule has 0 saturated carbocycles. The number of hydrogen-bond donors (Lipinski definition) is 1. The molecular weight excluding hydrogens is 398 g/mol. The van der Waals surface area contributed by atoms with Crippen molar-refractivity contribution in [1.29, 1.82) is 0 Å². The standard InChI is InChI=1S/C24H25NO6/c1-16-13-20(10-9-19(16)14-24(23(26)27)29-11-6-12-30-24)28-15-21-17(2)31-22(25-21)18-7-4-3-5-8-18/h3-5,7-10,13H,6,11-12,14-15H2,1-2H3,(H,26,27). The van der Waals surface area contributed by atoms with Crippen LogP contribution in [0.5, 0.6) is 5.75 Å². The molecule has 0 bridgehead atoms. The average molecular weight is 423 g/mol. The third-order valence-electron chi connectivity index (χ3n) is 5.31. The zero-order valence-electron chi connectivity index (χ0n) is 17.6. The number of oxazole rings is 1. The highest BCUT2D eigenvalue weighted by Crippen LogP contribution is 2.28. The van der Waals surface area contributed by atoms with Gasteiger partial charge < -0.3 is 23.7 Å². The highest BCUT2D eigenvalue weighted by Gasteiger charge is 2.43. The van der Waals surface area contributed by atoms with Gasteiger partial charge in [-0.25, -0.2) is 9.78 Å². The summed E-state index contributed by atoms with van der Waals surface area (Å²) in [5, 5.41) is 9.63. The van der Waals surface area contributed by atoms with E-state index in [2.05, 4.69) is 4.98 Å². The number of hydrogen-bond acceptors (Lipinski definition) is 6. The molecule has 2 aromatic carbocycles. The van der Waals surface area contributed by atoms with Crippen molar-refractivity contribution in [3.63, 3.8) is 0 Å². The van der Waals surface area contributed by atoms with Crippen molar-refractivity contribution in [2.45, 2.75) is 39.1 Å². The van der Waals surface area contributed by atoms with Crippen molar-refractivity contribution < 1.29 is 28.5 Å². The second kappa shape index (κ2) is 8.91. The van der Waals surface area contributed by atoms with Crippen molar-refractivity contribution in [1.82, 2.24) is 4.98 Å². The number of rotatable bonds is 7. The zero-order valence-corrected chi connectivity index (χ0v) is 17.6. The van der Waals surface area contributed by atoms with Crippen molar-refractivity contribution in [2.75, 3.05) is 13.2 Å². The van der Waals surface area contributed by atoms with E-state index in [1.807, 2.05) is 62.4 Å². The molecule has 0 radical (unpaired) electrons. The molecule has 1 N–H and O–H groups in total. The Labute approximate surface area is 180 Å². The van der Waals surface area contributed by atoms with Crippen LogP contribution in [-0.2, 0) is 27.3 Å². The van der Waals surface area contributed by atoms with Gasteiger partial charge in [0.2, 0.25) is 5.89 Å². The fraction of sp³-hybridized carbons (Fsp3) is 0.333. The minimum atomic E-state index is -1.63. The Morgan fingerprint density at radius 3 is 2.55 bits per heavy atom. The lowest BCUT2D eigenvalue weighted by Crippen LogP contribution is -2.49. The minimum Gasteiger partial charge on any atom is -0.487 e. The summed E-state index contributed by atoms with van der Waals surface area (Å²) in [7, 11) is 0. The van der Waals surface area contributed by atoms with Crippen molar-refractivity contribution in [3.8, 4) is 17.2 Å². The Kier molecular flexibility index (Phi) is 6.06. The molecule has 7 nitrogen and oxygen atoms in total. The molecule has 1 fully saturated rings. The van der Waals surface area contributed by atoms with E-state index in [9.17, 15) is 9.90 Å². The third kappa shape index (κ3) is 4.62. The molecule has 4 rings (SSSR count). The van der Waals surface area contributed by atoms with Crippen LogP contribution in [0.4, 0.5) is 0 Å². The Morgan fingerprint density at radius 2 is 1.87 bits per heavy atom. The van der Waals surface area contributed by atoms with Gasteiger partial charge in [0.25, 0.3) is 5.79 Å². The summed E-state index contributed by atoms with van der Waals surface area (Å²) < 4.78 is 22.7. The molecule has 2 heterocycles. The number of carbonyl (C=O) groups is 1. The molecule has 0 unspecified atom stereocenters. The van der Waals surface area contributed by atoms with Gasteiger partial charge in [-0.15, -0.1) is 0 Å². The maximum absolute atomic E-state index is 11.8. The molecule has 162 valence electrons. The van der Waals surface area contributed by atoms with Gasteiger partial charge in [0.15, 0.2) is 0 Å². The summed E-state index contributed by atoms with van der Waals surface area (Å²) in [4.78, 5) is 16.3. The second-order valence-corrected chi connectivity index (χ2v) is 7.55. The van der Waals surface area contributed by atoms with Gasteiger partial charge in [-0.05, 0) is 55.7 Å². The molecule has 31 heavy (non-hydrogen) atoms. The number of aryl methyl sites for hydroxylation is 2. The predicted octanol–water partition coefficient (Wildman–Crippen LogP) is 4.30. The highest BCUT2D eigenvalue weighted by atomic mass is 16.7. The van der Waals surface area contributed by atoms with Crippen LogP contribution in [0.1, 0.15) is 29.0 Å². The van der Waals surface area contributed by atoms with Crippen LogP contribution in [0.2, 0.25) is 0 Å². The molecule has 0 amide bonds. The first-order valence-electron chi connectivity index (χ1n) is 10.2. The Morgan fingerprint density at radius 1 is 1.13 bits per heavy atom. The van der Waals surface area contributed by atoms with Gasteiger partial charge in [0.05, 0.1) is 13.2 Å². The average Bonchev–Trinajstić information content (AvgIpc) is 3.16. The van der Waals surface area contributed by atoms with Crippen LogP contribution >= 0.6 is 0 Å². The van der Waals surface area contributed by atoms with Crippen molar-refractivity contribution >= 4 is 5.97 Å². The van der Waals surface area contributed by atoms with Crippen LogP contribution in [0.15, 0.2) is 52.9 Å². The van der Waals surface area contributed by atoms with Crippen molar-refractivity contribution in [2.24, 2.45) is 0 Å². The first kappa shape index (κ1) is 21.1. The van der Waals surface area contributed by atoms with Crippen LogP contribution < -0.4 is 4.74 Å². The number of benzene rings is 2. The monoisotopic (exact) mass is 423 g/mol. The summed E-state index contributed by atoms with van der Waals surface area (Å²) in [5.74, 6) is -0.795. The van der Waals surface area contributed by atoms with Gasteiger partial charge in [0.1, 0.15) is 23.8 Å². The molecule has 3 aromatic rings. The Hall–Kier alpha value is -3.16. The fourth-order valence-electron chi connectivity index (χ4n) is 3.50. The van der Waals surface area contributed by atoms with Crippen molar-refractivity contribution in [3.05, 3.63) is 71.1 Å². The Balaban J connectivity index is 1.44. The summed E-state index contributed by atoms with van der Waals surface area (Å²) in [6.45, 7) is 4.78. The summed E-state index contributed by atoms with van der Waals surface area (Å²) >= 11 is 0. The summed E-state index contributed by atoms with van der Waals surface area (Å²) in [6.07, 6.45) is 0.825. The van der Waals surface area contributed by atoms with Gasteiger partial charge in [-0.3, -0.25) is 0 Å². The summed E-state index contributed by atoms with van der Waals surface area (Å²) in [5.41, 5.74) is 3.38. The highest BCUT2D eigenvalue weighted by molar-refractivity contribution is 5.76. The van der Waals surface area contributed by atoms with Crippen LogP contribution in [0.25, 0.3) is 11.5 Å². The normalized spacial score (nSPS) is 15.5. The number of aliphatic carboxylic acids is 1. The molecule has 0 atom stereocenters. The molecule has 1 saturated heterocycles. The molecular formula is C24H25NO6. The maximum atomic E-state index is 11.8. The largest absolute Gasteiger partial charge is 0.487 e. The lowest BCUT2D eigenvalue weighted by Gasteiger charge is -2.33. The van der Waals surface area contributed by atoms with Gasteiger partial charge >= 0.3 is 5.97 Å². The Bertz CT molecular complexity index is 1050. The third-order valence-corrected chi connectivity index (χ3v) is 5.31. The maximum Gasteiger partial charge on any atom is 0.364 e. The van der Waals surface area contributed by atoms with Crippen LogP contribution in [0, 0.1) is 13.8 Å². The van der Waals surface area contributed by atoms with E-state index >= 15 is 0 Å². The number of carboxylic acids is 1.